The van der Waals surface area contributed by atoms with Crippen molar-refractivity contribution < 1.29 is 0 Å². The second-order valence-electron chi connectivity index (χ2n) is 6.08. The predicted octanol–water partition coefficient (Wildman–Crippen LogP) is 2.50. The Balaban J connectivity index is 1.52. The zero-order valence-electron chi connectivity index (χ0n) is 11.0. The van der Waals surface area contributed by atoms with Gasteiger partial charge in [-0.2, -0.15) is 0 Å². The van der Waals surface area contributed by atoms with Crippen molar-refractivity contribution in [2.75, 3.05) is 26.2 Å². The molecular formula is C14H28N2. The Kier molecular flexibility index (Phi) is 4.66. The van der Waals surface area contributed by atoms with Crippen LogP contribution in [0.5, 0.6) is 0 Å². The number of likely N-dealkylation sites (tertiary alicyclic amines) is 1. The molecule has 2 unspecified atom stereocenters. The summed E-state index contributed by atoms with van der Waals surface area (Å²) in [6.07, 6.45) is 7.20. The van der Waals surface area contributed by atoms with E-state index in [1.54, 1.807) is 0 Å². The van der Waals surface area contributed by atoms with Gasteiger partial charge in [0.05, 0.1) is 0 Å². The van der Waals surface area contributed by atoms with Crippen molar-refractivity contribution >= 4 is 0 Å². The molecular weight excluding hydrogens is 196 g/mol. The molecule has 94 valence electrons. The molecule has 2 nitrogen and oxygen atoms in total. The van der Waals surface area contributed by atoms with E-state index in [4.69, 9.17) is 0 Å². The van der Waals surface area contributed by atoms with E-state index in [0.717, 1.165) is 17.9 Å². The molecule has 0 aromatic heterocycles. The minimum Gasteiger partial charge on any atom is -0.313 e. The molecule has 0 radical (unpaired) electrons. The maximum atomic E-state index is 3.67. The van der Waals surface area contributed by atoms with Gasteiger partial charge in [0.1, 0.15) is 0 Å². The molecule has 1 aliphatic heterocycles. The molecule has 0 spiro atoms. The maximum absolute atomic E-state index is 3.67. The Morgan fingerprint density at radius 3 is 2.81 bits per heavy atom. The molecule has 1 saturated carbocycles. The van der Waals surface area contributed by atoms with Crippen molar-refractivity contribution in [3.05, 3.63) is 0 Å². The molecule has 16 heavy (non-hydrogen) atoms. The summed E-state index contributed by atoms with van der Waals surface area (Å²) in [6, 6.07) is 0.731. The molecule has 2 fully saturated rings. The van der Waals surface area contributed by atoms with Crippen molar-refractivity contribution in [2.24, 2.45) is 11.8 Å². The van der Waals surface area contributed by atoms with Crippen molar-refractivity contribution in [1.29, 1.82) is 0 Å². The summed E-state index contributed by atoms with van der Waals surface area (Å²) in [7, 11) is 0. The van der Waals surface area contributed by atoms with Crippen LogP contribution in [0.3, 0.4) is 0 Å². The molecule has 1 saturated heterocycles. The van der Waals surface area contributed by atoms with Crippen LogP contribution in [0.4, 0.5) is 0 Å². The SMILES string of the molecule is CC1CCCN(CCNC(C)CC2CC2)C1. The summed E-state index contributed by atoms with van der Waals surface area (Å²) in [5, 5.41) is 3.67. The third kappa shape index (κ3) is 4.42. The van der Waals surface area contributed by atoms with Gasteiger partial charge in [0, 0.05) is 25.7 Å². The van der Waals surface area contributed by atoms with Crippen molar-refractivity contribution in [3.63, 3.8) is 0 Å². The van der Waals surface area contributed by atoms with Gasteiger partial charge in [-0.25, -0.2) is 0 Å². The van der Waals surface area contributed by atoms with Crippen molar-refractivity contribution in [2.45, 2.75) is 52.0 Å². The largest absolute Gasteiger partial charge is 0.313 e. The number of nitrogens with one attached hydrogen (secondary N) is 1. The lowest BCUT2D eigenvalue weighted by atomic mass is 10.0. The first-order chi connectivity index (χ1) is 7.74. The summed E-state index contributed by atoms with van der Waals surface area (Å²) in [5.41, 5.74) is 0. The molecule has 2 atom stereocenters. The first-order valence-electron chi connectivity index (χ1n) is 7.20. The zero-order valence-corrected chi connectivity index (χ0v) is 11.0. The monoisotopic (exact) mass is 224 g/mol. The molecule has 1 heterocycles. The van der Waals surface area contributed by atoms with Gasteiger partial charge >= 0.3 is 0 Å². The van der Waals surface area contributed by atoms with Crippen LogP contribution in [-0.4, -0.2) is 37.1 Å². The summed E-state index contributed by atoms with van der Waals surface area (Å²) >= 11 is 0. The topological polar surface area (TPSA) is 15.3 Å². The Morgan fingerprint density at radius 2 is 2.12 bits per heavy atom. The third-order valence-electron chi connectivity index (χ3n) is 4.05. The lowest BCUT2D eigenvalue weighted by Gasteiger charge is -2.31. The van der Waals surface area contributed by atoms with Gasteiger partial charge in [0.15, 0.2) is 0 Å². The van der Waals surface area contributed by atoms with Gasteiger partial charge < -0.3 is 10.2 Å². The number of piperidine rings is 1. The molecule has 0 amide bonds. The average molecular weight is 224 g/mol. The Bertz CT molecular complexity index is 201. The summed E-state index contributed by atoms with van der Waals surface area (Å²) in [6.45, 7) is 9.80. The first-order valence-corrected chi connectivity index (χ1v) is 7.20. The molecule has 2 aliphatic rings. The normalized spacial score (nSPS) is 29.2. The molecule has 0 aromatic carbocycles. The second kappa shape index (κ2) is 6.02. The van der Waals surface area contributed by atoms with E-state index >= 15 is 0 Å². The number of nitrogens with zero attached hydrogens (tertiary/aromatic N) is 1. The fourth-order valence-corrected chi connectivity index (χ4v) is 2.90. The Morgan fingerprint density at radius 1 is 1.31 bits per heavy atom. The highest BCUT2D eigenvalue weighted by atomic mass is 15.1. The highest BCUT2D eigenvalue weighted by molar-refractivity contribution is 4.78. The fourth-order valence-electron chi connectivity index (χ4n) is 2.90. The highest BCUT2D eigenvalue weighted by Crippen LogP contribution is 2.33. The van der Waals surface area contributed by atoms with Crippen LogP contribution in [0.25, 0.3) is 0 Å². The van der Waals surface area contributed by atoms with E-state index < -0.39 is 0 Å². The van der Waals surface area contributed by atoms with Crippen molar-refractivity contribution in [1.82, 2.24) is 10.2 Å². The van der Waals surface area contributed by atoms with Crippen LogP contribution in [-0.2, 0) is 0 Å². The van der Waals surface area contributed by atoms with Gasteiger partial charge in [-0.05, 0) is 44.6 Å². The van der Waals surface area contributed by atoms with Gasteiger partial charge in [0.2, 0.25) is 0 Å². The number of rotatable bonds is 6. The molecule has 1 aliphatic carbocycles. The Hall–Kier alpha value is -0.0800. The van der Waals surface area contributed by atoms with Crippen LogP contribution < -0.4 is 5.32 Å². The van der Waals surface area contributed by atoms with Crippen LogP contribution >= 0.6 is 0 Å². The maximum Gasteiger partial charge on any atom is 0.0107 e. The molecule has 1 N–H and O–H groups in total. The summed E-state index contributed by atoms with van der Waals surface area (Å²) in [5.74, 6) is 1.97. The van der Waals surface area contributed by atoms with Gasteiger partial charge in [-0.3, -0.25) is 0 Å². The molecule has 0 aromatic rings. The van der Waals surface area contributed by atoms with Crippen LogP contribution in [0.15, 0.2) is 0 Å². The molecule has 0 bridgehead atoms. The Labute approximate surface area is 101 Å². The standard InChI is InChI=1S/C14H28N2/c1-12-4-3-8-16(11-12)9-7-15-13(2)10-14-5-6-14/h12-15H,3-11H2,1-2H3. The average Bonchev–Trinajstić information content (AvgIpc) is 3.02. The van der Waals surface area contributed by atoms with Gasteiger partial charge in [0.25, 0.3) is 0 Å². The zero-order chi connectivity index (χ0) is 11.4. The van der Waals surface area contributed by atoms with E-state index in [1.807, 2.05) is 0 Å². The smallest absolute Gasteiger partial charge is 0.0107 e. The molecule has 2 rings (SSSR count). The van der Waals surface area contributed by atoms with E-state index in [-0.39, 0.29) is 0 Å². The van der Waals surface area contributed by atoms with Crippen molar-refractivity contribution in [3.8, 4) is 0 Å². The van der Waals surface area contributed by atoms with E-state index in [1.165, 1.54) is 58.3 Å². The van der Waals surface area contributed by atoms with Crippen LogP contribution in [0.2, 0.25) is 0 Å². The summed E-state index contributed by atoms with van der Waals surface area (Å²) < 4.78 is 0. The van der Waals surface area contributed by atoms with E-state index in [0.29, 0.717) is 0 Å². The second-order valence-corrected chi connectivity index (χ2v) is 6.08. The minimum absolute atomic E-state index is 0.731. The van der Waals surface area contributed by atoms with Gasteiger partial charge in [-0.15, -0.1) is 0 Å². The minimum atomic E-state index is 0.731. The first kappa shape index (κ1) is 12.4. The lowest BCUT2D eigenvalue weighted by molar-refractivity contribution is 0.183. The predicted molar refractivity (Wildman–Crippen MR) is 69.6 cm³/mol. The number of hydrogen-bond acceptors (Lipinski definition) is 2. The van der Waals surface area contributed by atoms with E-state index in [9.17, 15) is 0 Å². The van der Waals surface area contributed by atoms with E-state index in [2.05, 4.69) is 24.1 Å². The lowest BCUT2D eigenvalue weighted by Crippen LogP contribution is -2.40. The molecule has 2 heteroatoms. The number of hydrogen-bond donors (Lipinski definition) is 1. The van der Waals surface area contributed by atoms with Gasteiger partial charge in [-0.1, -0.05) is 19.8 Å². The van der Waals surface area contributed by atoms with Crippen LogP contribution in [0.1, 0.15) is 46.0 Å². The quantitative estimate of drug-likeness (QED) is 0.746. The van der Waals surface area contributed by atoms with Crippen LogP contribution in [0, 0.1) is 11.8 Å². The fraction of sp³-hybridized carbons (Fsp3) is 1.00. The third-order valence-corrected chi connectivity index (χ3v) is 4.05. The highest BCUT2D eigenvalue weighted by Gasteiger charge is 2.23. The summed E-state index contributed by atoms with van der Waals surface area (Å²) in [4.78, 5) is 2.63.